The van der Waals surface area contributed by atoms with Crippen molar-refractivity contribution in [2.45, 2.75) is 4.21 Å². The topological polar surface area (TPSA) is 46.5 Å². The van der Waals surface area contributed by atoms with Crippen molar-refractivity contribution in [1.82, 2.24) is 0 Å². The van der Waals surface area contributed by atoms with E-state index in [1.807, 2.05) is 0 Å². The lowest BCUT2D eigenvalue weighted by atomic mass is 10.2. The maximum Gasteiger partial charge on any atom is 0.291 e. The fourth-order valence-electron chi connectivity index (χ4n) is 1.21. The molecular weight excluding hydrogens is 313 g/mol. The predicted octanol–water partition coefficient (Wildman–Crippen LogP) is 3.86. The van der Waals surface area contributed by atoms with E-state index in [1.54, 1.807) is 29.6 Å². The Bertz CT molecular complexity index is 679. The first kappa shape index (κ1) is 13.5. The van der Waals surface area contributed by atoms with E-state index in [0.29, 0.717) is 10.6 Å². The average Bonchev–Trinajstić information content (AvgIpc) is 2.85. The molecule has 1 aromatic heterocycles. The number of halogens is 2. The third-order valence-electron chi connectivity index (χ3n) is 2.06. The van der Waals surface area contributed by atoms with Crippen LogP contribution in [-0.4, -0.2) is 14.6 Å². The highest BCUT2D eigenvalue weighted by molar-refractivity contribution is 7.92. The number of hydrogen-bond acceptors (Lipinski definition) is 3. The summed E-state index contributed by atoms with van der Waals surface area (Å²) in [4.78, 5) is 0. The number of hydrogen-bond donors (Lipinski definition) is 0. The van der Waals surface area contributed by atoms with Crippen LogP contribution in [0.15, 0.2) is 44.3 Å². The monoisotopic (exact) mass is 319 g/mol. The van der Waals surface area contributed by atoms with Crippen LogP contribution < -0.4 is 0 Å². The van der Waals surface area contributed by atoms with Gasteiger partial charge in [0, 0.05) is 11.8 Å². The molecule has 0 fully saturated rings. The molecular formula is C11H7Cl2NO2S2. The van der Waals surface area contributed by atoms with Crippen LogP contribution in [0.3, 0.4) is 0 Å². The van der Waals surface area contributed by atoms with Crippen molar-refractivity contribution < 1.29 is 8.42 Å². The summed E-state index contributed by atoms with van der Waals surface area (Å²) in [6, 6.07) is 8.08. The highest BCUT2D eigenvalue weighted by Gasteiger charge is 2.12. The minimum absolute atomic E-state index is 0.192. The van der Waals surface area contributed by atoms with Crippen molar-refractivity contribution in [2.75, 3.05) is 0 Å². The van der Waals surface area contributed by atoms with E-state index in [2.05, 4.69) is 4.40 Å². The van der Waals surface area contributed by atoms with Crippen LogP contribution in [0.5, 0.6) is 0 Å². The summed E-state index contributed by atoms with van der Waals surface area (Å²) in [7, 11) is -3.66. The third kappa shape index (κ3) is 2.92. The van der Waals surface area contributed by atoms with Crippen molar-refractivity contribution >= 4 is 50.8 Å². The van der Waals surface area contributed by atoms with Crippen molar-refractivity contribution in [2.24, 2.45) is 4.40 Å². The Morgan fingerprint density at radius 2 is 1.94 bits per heavy atom. The molecule has 0 aliphatic rings. The van der Waals surface area contributed by atoms with Gasteiger partial charge in [0.2, 0.25) is 0 Å². The second-order valence-electron chi connectivity index (χ2n) is 3.28. The molecule has 0 spiro atoms. The van der Waals surface area contributed by atoms with Crippen LogP contribution in [0.4, 0.5) is 0 Å². The Labute approximate surface area is 119 Å². The largest absolute Gasteiger partial charge is 0.291 e. The first-order valence-electron chi connectivity index (χ1n) is 4.78. The predicted molar refractivity (Wildman–Crippen MR) is 75.6 cm³/mol. The Kier molecular flexibility index (Phi) is 4.07. The van der Waals surface area contributed by atoms with Crippen LogP contribution >= 0.6 is 34.5 Å². The fourth-order valence-corrected chi connectivity index (χ4v) is 3.40. The second kappa shape index (κ2) is 5.40. The summed E-state index contributed by atoms with van der Waals surface area (Å²) in [5, 5.41) is 2.31. The number of nitrogens with zero attached hydrogens (tertiary/aromatic N) is 1. The third-order valence-corrected chi connectivity index (χ3v) is 5.50. The molecule has 0 N–H and O–H groups in total. The Morgan fingerprint density at radius 3 is 2.61 bits per heavy atom. The Hall–Kier alpha value is -0.880. The molecule has 0 atom stereocenters. The molecule has 3 nitrogen and oxygen atoms in total. The summed E-state index contributed by atoms with van der Waals surface area (Å²) >= 11 is 12.9. The number of benzene rings is 1. The van der Waals surface area contributed by atoms with Gasteiger partial charge in [-0.05, 0) is 17.5 Å². The molecule has 0 saturated carbocycles. The molecule has 0 aliphatic heterocycles. The van der Waals surface area contributed by atoms with E-state index in [1.165, 1.54) is 12.3 Å². The van der Waals surface area contributed by atoms with Gasteiger partial charge in [0.25, 0.3) is 10.0 Å². The maximum absolute atomic E-state index is 11.8. The van der Waals surface area contributed by atoms with Gasteiger partial charge in [-0.25, -0.2) is 0 Å². The van der Waals surface area contributed by atoms with E-state index >= 15 is 0 Å². The number of thiophene rings is 1. The number of sulfonamides is 1. The van der Waals surface area contributed by atoms with Gasteiger partial charge in [0.1, 0.15) is 4.21 Å². The van der Waals surface area contributed by atoms with Crippen molar-refractivity contribution in [1.29, 1.82) is 0 Å². The Morgan fingerprint density at radius 1 is 1.17 bits per heavy atom. The van der Waals surface area contributed by atoms with Gasteiger partial charge in [0.15, 0.2) is 0 Å². The molecule has 0 saturated heterocycles. The van der Waals surface area contributed by atoms with E-state index in [0.717, 1.165) is 11.3 Å². The van der Waals surface area contributed by atoms with Crippen molar-refractivity contribution in [3.63, 3.8) is 0 Å². The first-order chi connectivity index (χ1) is 8.50. The van der Waals surface area contributed by atoms with Crippen LogP contribution in [-0.2, 0) is 10.0 Å². The summed E-state index contributed by atoms with van der Waals surface area (Å²) < 4.78 is 27.4. The molecule has 0 unspecified atom stereocenters. The Balaban J connectivity index is 2.35. The van der Waals surface area contributed by atoms with Gasteiger partial charge in [-0.15, -0.1) is 11.3 Å². The molecule has 2 rings (SSSR count). The molecule has 2 aromatic rings. The quantitative estimate of drug-likeness (QED) is 0.806. The summed E-state index contributed by atoms with van der Waals surface area (Å²) in [6.07, 6.45) is 1.20. The smallest absolute Gasteiger partial charge is 0.198 e. The van der Waals surface area contributed by atoms with E-state index in [9.17, 15) is 8.42 Å². The minimum atomic E-state index is -3.66. The van der Waals surface area contributed by atoms with Crippen molar-refractivity contribution in [3.05, 3.63) is 51.3 Å². The molecule has 1 aromatic carbocycles. The van der Waals surface area contributed by atoms with E-state index in [4.69, 9.17) is 23.2 Å². The van der Waals surface area contributed by atoms with Gasteiger partial charge in [-0.2, -0.15) is 12.8 Å². The van der Waals surface area contributed by atoms with Crippen LogP contribution in [0, 0.1) is 0 Å². The number of rotatable bonds is 3. The zero-order chi connectivity index (χ0) is 13.2. The fraction of sp³-hybridized carbons (Fsp3) is 0. The normalized spacial score (nSPS) is 12.1. The molecule has 0 radical (unpaired) electrons. The summed E-state index contributed by atoms with van der Waals surface area (Å²) in [6.45, 7) is 0. The highest BCUT2D eigenvalue weighted by atomic mass is 35.5. The zero-order valence-electron chi connectivity index (χ0n) is 8.88. The maximum atomic E-state index is 11.8. The lowest BCUT2D eigenvalue weighted by molar-refractivity contribution is 0.600. The molecule has 0 bridgehead atoms. The van der Waals surface area contributed by atoms with Crippen LogP contribution in [0.2, 0.25) is 10.0 Å². The molecule has 1 heterocycles. The van der Waals surface area contributed by atoms with E-state index in [-0.39, 0.29) is 9.23 Å². The SMILES string of the molecule is O=S(=O)(/N=C\c1cccc(Cl)c1Cl)c1cccs1. The lowest BCUT2D eigenvalue weighted by Crippen LogP contribution is -1.95. The van der Waals surface area contributed by atoms with Crippen molar-refractivity contribution in [3.8, 4) is 0 Å². The lowest BCUT2D eigenvalue weighted by Gasteiger charge is -1.99. The highest BCUT2D eigenvalue weighted by Crippen LogP contribution is 2.25. The minimum Gasteiger partial charge on any atom is -0.198 e. The molecule has 94 valence electrons. The zero-order valence-corrected chi connectivity index (χ0v) is 12.0. The van der Waals surface area contributed by atoms with Crippen LogP contribution in [0.1, 0.15) is 5.56 Å². The van der Waals surface area contributed by atoms with Gasteiger partial charge < -0.3 is 0 Å². The molecule has 0 aliphatic carbocycles. The second-order valence-corrected chi connectivity index (χ2v) is 6.88. The van der Waals surface area contributed by atoms with Gasteiger partial charge in [-0.1, -0.05) is 41.4 Å². The average molecular weight is 320 g/mol. The molecule has 7 heteroatoms. The first-order valence-corrected chi connectivity index (χ1v) is 7.86. The summed E-state index contributed by atoms with van der Waals surface area (Å²) in [5.74, 6) is 0. The molecule has 18 heavy (non-hydrogen) atoms. The van der Waals surface area contributed by atoms with Gasteiger partial charge >= 0.3 is 0 Å². The summed E-state index contributed by atoms with van der Waals surface area (Å²) in [5.41, 5.74) is 0.462. The standard InChI is InChI=1S/C11H7Cl2NO2S2/c12-9-4-1-3-8(11(9)13)7-14-18(15,16)10-5-2-6-17-10/h1-7H/b14-7-. The molecule has 0 amide bonds. The van der Waals surface area contributed by atoms with Gasteiger partial charge in [-0.3, -0.25) is 0 Å². The van der Waals surface area contributed by atoms with Gasteiger partial charge in [0.05, 0.1) is 10.0 Å². The van der Waals surface area contributed by atoms with Crippen LogP contribution in [0.25, 0.3) is 0 Å². The van der Waals surface area contributed by atoms with E-state index < -0.39 is 10.0 Å².